The fraction of sp³-hybridized carbons (Fsp3) is 0.500. The van der Waals surface area contributed by atoms with E-state index < -0.39 is 0 Å². The van der Waals surface area contributed by atoms with Crippen molar-refractivity contribution in [1.82, 2.24) is 25.1 Å². The van der Waals surface area contributed by atoms with E-state index in [-0.39, 0.29) is 17.0 Å². The highest BCUT2D eigenvalue weighted by atomic mass is 32.1. The Bertz CT molecular complexity index is 1140. The Balaban J connectivity index is 1.33. The summed E-state index contributed by atoms with van der Waals surface area (Å²) >= 11 is 1.63. The molecule has 2 aromatic heterocycles. The molecule has 0 aromatic carbocycles. The minimum atomic E-state index is -0.363. The van der Waals surface area contributed by atoms with Crippen molar-refractivity contribution in [2.24, 2.45) is 0 Å². The molecule has 0 radical (unpaired) electrons. The summed E-state index contributed by atoms with van der Waals surface area (Å²) in [6.45, 7) is 8.43. The number of fused-ring (bicyclic) bond motifs is 1. The van der Waals surface area contributed by atoms with Crippen LogP contribution in [-0.4, -0.2) is 77.3 Å². The molecule has 1 saturated heterocycles. The lowest BCUT2D eigenvalue weighted by Crippen LogP contribution is -2.51. The average Bonchev–Trinajstić information content (AvgIpc) is 3.38. The number of nitrogens with zero attached hydrogens (tertiary/aromatic N) is 4. The van der Waals surface area contributed by atoms with Gasteiger partial charge in [-0.15, -0.1) is 11.3 Å². The van der Waals surface area contributed by atoms with Crippen molar-refractivity contribution in [2.45, 2.75) is 37.8 Å². The maximum Gasteiger partial charge on any atom is 0.255 e. The Kier molecular flexibility index (Phi) is 5.91. The molecular formula is C24H31N7O2S. The number of morpholine rings is 1. The fourth-order valence-corrected chi connectivity index (χ4v) is 6.15. The first-order chi connectivity index (χ1) is 16.4. The van der Waals surface area contributed by atoms with Crippen LogP contribution in [0.1, 0.15) is 41.9 Å². The summed E-state index contributed by atoms with van der Waals surface area (Å²) in [7, 11) is 1.76. The van der Waals surface area contributed by atoms with Crippen LogP contribution in [0.5, 0.6) is 0 Å². The quantitative estimate of drug-likeness (QED) is 0.498. The van der Waals surface area contributed by atoms with Crippen molar-refractivity contribution in [3.05, 3.63) is 40.7 Å². The fourth-order valence-electron chi connectivity index (χ4n) is 4.92. The summed E-state index contributed by atoms with van der Waals surface area (Å²) < 4.78 is 5.70. The summed E-state index contributed by atoms with van der Waals surface area (Å²) in [5.74, 6) is 1.15. The highest BCUT2D eigenvalue weighted by Crippen LogP contribution is 2.47. The smallest absolute Gasteiger partial charge is 0.255 e. The molecule has 0 unspecified atom stereocenters. The van der Waals surface area contributed by atoms with Gasteiger partial charge in [-0.3, -0.25) is 9.69 Å². The largest absolute Gasteiger partial charge is 0.378 e. The van der Waals surface area contributed by atoms with E-state index in [1.807, 2.05) is 17.0 Å². The van der Waals surface area contributed by atoms with Crippen LogP contribution in [0.4, 0.5) is 5.95 Å². The summed E-state index contributed by atoms with van der Waals surface area (Å²) in [4.78, 5) is 28.9. The SMILES string of the molecule is CN/C(=C\C=N)Nc1nccc(-c2cc3c(s2)C(C)(C)N(CCN2CCOCC24CC4)C3=O)n1. The number of nitrogens with one attached hydrogen (secondary N) is 3. The van der Waals surface area contributed by atoms with Gasteiger partial charge in [-0.25, -0.2) is 9.97 Å². The number of hydrogen-bond acceptors (Lipinski definition) is 9. The molecule has 180 valence electrons. The predicted octanol–water partition coefficient (Wildman–Crippen LogP) is 2.88. The first-order valence-corrected chi connectivity index (χ1v) is 12.5. The van der Waals surface area contributed by atoms with Gasteiger partial charge in [0.25, 0.3) is 5.91 Å². The molecule has 9 nitrogen and oxygen atoms in total. The zero-order chi connectivity index (χ0) is 23.9. The number of hydrogen-bond donors (Lipinski definition) is 3. The standard InChI is InChI=1S/C24H31N7O2S/c1-23(2)20-16(21(32)31(23)11-10-30-12-13-33-15-24(30)6-7-24)14-18(34-20)17-5-9-27-22(28-17)29-19(26-3)4-8-25/h4-5,8-9,14,25-26H,6-7,10-13,15H2,1-3H3,(H,27,28,29)/b19-4+,25-8?. The number of anilines is 1. The van der Waals surface area contributed by atoms with Gasteiger partial charge < -0.3 is 25.7 Å². The number of amides is 1. The van der Waals surface area contributed by atoms with E-state index in [1.165, 1.54) is 19.1 Å². The van der Waals surface area contributed by atoms with Gasteiger partial charge >= 0.3 is 0 Å². The Morgan fingerprint density at radius 1 is 1.35 bits per heavy atom. The van der Waals surface area contributed by atoms with Gasteiger partial charge in [0.05, 0.1) is 34.9 Å². The van der Waals surface area contributed by atoms with Crippen molar-refractivity contribution in [3.63, 3.8) is 0 Å². The molecular weight excluding hydrogens is 450 g/mol. The van der Waals surface area contributed by atoms with Gasteiger partial charge in [0.2, 0.25) is 5.95 Å². The lowest BCUT2D eigenvalue weighted by molar-refractivity contribution is -0.0256. The minimum absolute atomic E-state index is 0.0967. The second kappa shape index (κ2) is 8.75. The van der Waals surface area contributed by atoms with E-state index in [2.05, 4.69) is 39.3 Å². The average molecular weight is 482 g/mol. The topological polar surface area (TPSA) is 106 Å². The third kappa shape index (κ3) is 3.99. The number of ether oxygens (including phenoxy) is 1. The molecule has 2 fully saturated rings. The lowest BCUT2D eigenvalue weighted by atomic mass is 10.0. The summed E-state index contributed by atoms with van der Waals surface area (Å²) in [5.41, 5.74) is 1.41. The molecule has 5 rings (SSSR count). The molecule has 1 aliphatic carbocycles. The van der Waals surface area contributed by atoms with E-state index in [1.54, 1.807) is 30.7 Å². The van der Waals surface area contributed by atoms with Crippen LogP contribution in [0.2, 0.25) is 0 Å². The Morgan fingerprint density at radius 3 is 2.88 bits per heavy atom. The van der Waals surface area contributed by atoms with E-state index in [9.17, 15) is 4.79 Å². The Hall–Kier alpha value is -2.82. The monoisotopic (exact) mass is 481 g/mol. The van der Waals surface area contributed by atoms with E-state index in [0.717, 1.165) is 53.9 Å². The third-order valence-electron chi connectivity index (χ3n) is 7.08. The third-order valence-corrected chi connectivity index (χ3v) is 8.55. The van der Waals surface area contributed by atoms with Crippen LogP contribution in [0, 0.1) is 5.41 Å². The van der Waals surface area contributed by atoms with Crippen LogP contribution in [0.3, 0.4) is 0 Å². The summed E-state index contributed by atoms with van der Waals surface area (Å²) in [5, 5.41) is 13.3. The van der Waals surface area contributed by atoms with Crippen molar-refractivity contribution >= 4 is 29.4 Å². The maximum atomic E-state index is 13.4. The Morgan fingerprint density at radius 2 is 2.18 bits per heavy atom. The first kappa shape index (κ1) is 22.9. The zero-order valence-corrected chi connectivity index (χ0v) is 20.7. The number of aromatic nitrogens is 2. The van der Waals surface area contributed by atoms with Crippen molar-refractivity contribution in [3.8, 4) is 10.6 Å². The molecule has 2 aliphatic heterocycles. The number of carbonyl (C=O) groups is 1. The van der Waals surface area contributed by atoms with Crippen LogP contribution in [-0.2, 0) is 10.3 Å². The van der Waals surface area contributed by atoms with E-state index in [4.69, 9.17) is 10.1 Å². The molecule has 34 heavy (non-hydrogen) atoms. The van der Waals surface area contributed by atoms with Crippen LogP contribution < -0.4 is 10.6 Å². The summed E-state index contributed by atoms with van der Waals surface area (Å²) in [6, 6.07) is 3.83. The first-order valence-electron chi connectivity index (χ1n) is 11.7. The molecule has 0 atom stereocenters. The van der Waals surface area contributed by atoms with Crippen molar-refractivity contribution in [1.29, 1.82) is 5.41 Å². The molecule has 1 spiro atoms. The number of allylic oxidation sites excluding steroid dienone is 1. The highest BCUT2D eigenvalue weighted by molar-refractivity contribution is 7.16. The molecule has 1 amide bonds. The van der Waals surface area contributed by atoms with E-state index in [0.29, 0.717) is 11.8 Å². The van der Waals surface area contributed by atoms with Gasteiger partial charge in [-0.05, 0) is 44.9 Å². The van der Waals surface area contributed by atoms with E-state index >= 15 is 0 Å². The number of carbonyl (C=O) groups excluding carboxylic acids is 1. The molecule has 3 N–H and O–H groups in total. The second-order valence-corrected chi connectivity index (χ2v) is 10.6. The second-order valence-electron chi connectivity index (χ2n) is 9.52. The normalized spacial score (nSPS) is 21.0. The van der Waals surface area contributed by atoms with Gasteiger partial charge in [0.1, 0.15) is 5.82 Å². The van der Waals surface area contributed by atoms with Crippen molar-refractivity contribution in [2.75, 3.05) is 45.2 Å². The van der Waals surface area contributed by atoms with Crippen LogP contribution >= 0.6 is 11.3 Å². The van der Waals surface area contributed by atoms with Gasteiger partial charge in [-0.1, -0.05) is 0 Å². The Labute approximate surface area is 203 Å². The molecule has 3 aliphatic rings. The molecule has 4 heterocycles. The van der Waals surface area contributed by atoms with Gasteiger partial charge in [0.15, 0.2) is 0 Å². The van der Waals surface area contributed by atoms with Crippen LogP contribution in [0.15, 0.2) is 30.2 Å². The molecule has 1 saturated carbocycles. The molecule has 0 bridgehead atoms. The maximum absolute atomic E-state index is 13.4. The zero-order valence-electron chi connectivity index (χ0n) is 19.9. The number of thiophene rings is 1. The van der Waals surface area contributed by atoms with Gasteiger partial charge in [-0.2, -0.15) is 0 Å². The van der Waals surface area contributed by atoms with Gasteiger partial charge in [0, 0.05) is 49.5 Å². The molecule has 2 aromatic rings. The number of rotatable bonds is 8. The minimum Gasteiger partial charge on any atom is -0.378 e. The lowest BCUT2D eigenvalue weighted by Gasteiger charge is -2.39. The van der Waals surface area contributed by atoms with Crippen molar-refractivity contribution < 1.29 is 9.53 Å². The predicted molar refractivity (Wildman–Crippen MR) is 133 cm³/mol. The summed E-state index contributed by atoms with van der Waals surface area (Å²) in [6.07, 6.45) is 6.87. The molecule has 10 heteroatoms. The highest BCUT2D eigenvalue weighted by Gasteiger charge is 2.51. The van der Waals surface area contributed by atoms with Crippen LogP contribution in [0.25, 0.3) is 10.6 Å².